The van der Waals surface area contributed by atoms with Crippen molar-refractivity contribution >= 4 is 11.9 Å². The first kappa shape index (κ1) is 17.5. The predicted molar refractivity (Wildman–Crippen MR) is 80.0 cm³/mol. The molecule has 0 radical (unpaired) electrons. The molecular formula is C16H15F2N3O3. The van der Waals surface area contributed by atoms with Gasteiger partial charge in [0.2, 0.25) is 0 Å². The second-order valence-corrected chi connectivity index (χ2v) is 5.24. The van der Waals surface area contributed by atoms with Gasteiger partial charge in [-0.2, -0.15) is 0 Å². The standard InChI is InChI=1S/C16H15F2N3O3/c1-9-7-20-13(8-19-9)14(22)21-16(2,15(23)24-3)11-6-10(17)4-5-12(11)18/h4-8H,1-3H3,(H,21,22)/t16-/m0/s1. The quantitative estimate of drug-likeness (QED) is 0.863. The summed E-state index contributed by atoms with van der Waals surface area (Å²) in [6.07, 6.45) is 2.58. The molecule has 1 heterocycles. The average molecular weight is 335 g/mol. The lowest BCUT2D eigenvalue weighted by Crippen LogP contribution is -2.51. The Morgan fingerprint density at radius 3 is 2.50 bits per heavy atom. The van der Waals surface area contributed by atoms with Gasteiger partial charge in [-0.3, -0.25) is 9.78 Å². The second kappa shape index (κ2) is 6.69. The number of hydrogen-bond acceptors (Lipinski definition) is 5. The zero-order valence-electron chi connectivity index (χ0n) is 13.3. The van der Waals surface area contributed by atoms with Crippen LogP contribution in [0.3, 0.4) is 0 Å². The molecule has 0 fully saturated rings. The Morgan fingerprint density at radius 1 is 1.21 bits per heavy atom. The maximum Gasteiger partial charge on any atom is 0.336 e. The molecule has 2 rings (SSSR count). The van der Waals surface area contributed by atoms with Crippen LogP contribution in [-0.4, -0.2) is 29.0 Å². The summed E-state index contributed by atoms with van der Waals surface area (Å²) in [6, 6.07) is 2.60. The summed E-state index contributed by atoms with van der Waals surface area (Å²) in [5.41, 5.74) is -1.78. The molecule has 0 saturated carbocycles. The van der Waals surface area contributed by atoms with Crippen molar-refractivity contribution < 1.29 is 23.1 Å². The van der Waals surface area contributed by atoms with Crippen LogP contribution >= 0.6 is 0 Å². The molecule has 6 nitrogen and oxygen atoms in total. The fraction of sp³-hybridized carbons (Fsp3) is 0.250. The predicted octanol–water partition coefficient (Wildman–Crippen LogP) is 1.88. The van der Waals surface area contributed by atoms with E-state index in [4.69, 9.17) is 0 Å². The molecule has 0 bridgehead atoms. The van der Waals surface area contributed by atoms with Crippen molar-refractivity contribution in [3.63, 3.8) is 0 Å². The minimum Gasteiger partial charge on any atom is -0.467 e. The van der Waals surface area contributed by atoms with E-state index in [1.54, 1.807) is 6.92 Å². The molecule has 2 aromatic rings. The number of halogens is 2. The minimum absolute atomic E-state index is 0.0764. The fourth-order valence-corrected chi connectivity index (χ4v) is 2.11. The van der Waals surface area contributed by atoms with Gasteiger partial charge in [-0.15, -0.1) is 0 Å². The zero-order valence-corrected chi connectivity index (χ0v) is 13.3. The van der Waals surface area contributed by atoms with Gasteiger partial charge in [-0.25, -0.2) is 18.6 Å². The van der Waals surface area contributed by atoms with Crippen LogP contribution < -0.4 is 5.32 Å². The van der Waals surface area contributed by atoms with E-state index in [1.165, 1.54) is 19.3 Å². The van der Waals surface area contributed by atoms with Gasteiger partial charge in [0.05, 0.1) is 19.0 Å². The number of methoxy groups -OCH3 is 1. The summed E-state index contributed by atoms with van der Waals surface area (Å²) in [6.45, 7) is 2.91. The first-order valence-corrected chi connectivity index (χ1v) is 6.93. The largest absolute Gasteiger partial charge is 0.467 e. The summed E-state index contributed by atoms with van der Waals surface area (Å²) < 4.78 is 32.3. The molecule has 0 aliphatic rings. The van der Waals surface area contributed by atoms with Crippen LogP contribution in [0.15, 0.2) is 30.6 Å². The third-order valence-electron chi connectivity index (χ3n) is 3.44. The maximum atomic E-state index is 14.1. The van der Waals surface area contributed by atoms with Crippen LogP contribution in [0.5, 0.6) is 0 Å². The number of ether oxygens (including phenoxy) is 1. The van der Waals surface area contributed by atoms with Crippen LogP contribution in [0.4, 0.5) is 8.78 Å². The van der Waals surface area contributed by atoms with E-state index >= 15 is 0 Å². The lowest BCUT2D eigenvalue weighted by molar-refractivity contribution is -0.148. The van der Waals surface area contributed by atoms with Crippen molar-refractivity contribution in [2.45, 2.75) is 19.4 Å². The van der Waals surface area contributed by atoms with Crippen molar-refractivity contribution in [3.8, 4) is 0 Å². The number of nitrogens with one attached hydrogen (secondary N) is 1. The highest BCUT2D eigenvalue weighted by molar-refractivity contribution is 5.96. The average Bonchev–Trinajstić information content (AvgIpc) is 2.56. The molecular weight excluding hydrogens is 320 g/mol. The van der Waals surface area contributed by atoms with Gasteiger partial charge >= 0.3 is 5.97 Å². The molecule has 126 valence electrons. The van der Waals surface area contributed by atoms with E-state index in [2.05, 4.69) is 20.0 Å². The molecule has 0 unspecified atom stereocenters. The third-order valence-corrected chi connectivity index (χ3v) is 3.44. The Morgan fingerprint density at radius 2 is 1.92 bits per heavy atom. The molecule has 1 aromatic heterocycles. The number of esters is 1. The number of amides is 1. The highest BCUT2D eigenvalue weighted by atomic mass is 19.1. The Balaban J connectivity index is 2.45. The number of carbonyl (C=O) groups is 2. The van der Waals surface area contributed by atoms with Crippen molar-refractivity contribution in [2.24, 2.45) is 0 Å². The number of benzene rings is 1. The maximum absolute atomic E-state index is 14.1. The second-order valence-electron chi connectivity index (χ2n) is 5.24. The molecule has 1 N–H and O–H groups in total. The van der Waals surface area contributed by atoms with Crippen molar-refractivity contribution in [1.82, 2.24) is 15.3 Å². The van der Waals surface area contributed by atoms with Crippen molar-refractivity contribution in [3.05, 3.63) is 59.2 Å². The van der Waals surface area contributed by atoms with Gasteiger partial charge < -0.3 is 10.1 Å². The summed E-state index contributed by atoms with van der Waals surface area (Å²) in [5.74, 6) is -3.36. The Hall–Kier alpha value is -2.90. The highest BCUT2D eigenvalue weighted by Gasteiger charge is 2.41. The topological polar surface area (TPSA) is 81.2 Å². The molecule has 0 aliphatic carbocycles. The molecule has 24 heavy (non-hydrogen) atoms. The molecule has 0 saturated heterocycles. The normalized spacial score (nSPS) is 13.0. The zero-order chi connectivity index (χ0) is 17.9. The Bertz CT molecular complexity index is 781. The van der Waals surface area contributed by atoms with Crippen LogP contribution in [0.25, 0.3) is 0 Å². The van der Waals surface area contributed by atoms with Crippen molar-refractivity contribution in [2.75, 3.05) is 7.11 Å². The highest BCUT2D eigenvalue weighted by Crippen LogP contribution is 2.26. The van der Waals surface area contributed by atoms with Gasteiger partial charge in [0.1, 0.15) is 17.3 Å². The molecule has 1 aromatic carbocycles. The molecule has 1 atom stereocenters. The number of rotatable bonds is 4. The van der Waals surface area contributed by atoms with Gasteiger partial charge in [0.15, 0.2) is 5.54 Å². The van der Waals surface area contributed by atoms with Crippen LogP contribution in [0.2, 0.25) is 0 Å². The van der Waals surface area contributed by atoms with Gasteiger partial charge in [-0.1, -0.05) is 0 Å². The van der Waals surface area contributed by atoms with Crippen molar-refractivity contribution in [1.29, 1.82) is 0 Å². The van der Waals surface area contributed by atoms with Gasteiger partial charge in [0.25, 0.3) is 5.91 Å². The minimum atomic E-state index is -1.94. The number of aryl methyl sites for hydroxylation is 1. The van der Waals surface area contributed by atoms with E-state index < -0.39 is 29.0 Å². The Labute approximate surface area is 136 Å². The summed E-state index contributed by atoms with van der Waals surface area (Å²) in [4.78, 5) is 32.3. The molecule has 0 aliphatic heterocycles. The van der Waals surface area contributed by atoms with Crippen LogP contribution in [0, 0.1) is 18.6 Å². The number of carbonyl (C=O) groups excluding carboxylic acids is 2. The lowest BCUT2D eigenvalue weighted by atomic mass is 9.91. The first-order chi connectivity index (χ1) is 11.3. The Kier molecular flexibility index (Phi) is 4.87. The van der Waals surface area contributed by atoms with E-state index in [0.717, 1.165) is 25.3 Å². The molecule has 1 amide bonds. The first-order valence-electron chi connectivity index (χ1n) is 6.93. The molecule has 8 heteroatoms. The summed E-state index contributed by atoms with van der Waals surface area (Å²) in [7, 11) is 1.08. The van der Waals surface area contributed by atoms with Gasteiger partial charge in [-0.05, 0) is 32.0 Å². The monoisotopic (exact) mass is 335 g/mol. The summed E-state index contributed by atoms with van der Waals surface area (Å²) >= 11 is 0. The molecule has 0 spiro atoms. The number of hydrogen-bond donors (Lipinski definition) is 1. The smallest absolute Gasteiger partial charge is 0.336 e. The fourth-order valence-electron chi connectivity index (χ4n) is 2.11. The van der Waals surface area contributed by atoms with E-state index in [0.29, 0.717) is 5.69 Å². The van der Waals surface area contributed by atoms with Gasteiger partial charge in [0, 0.05) is 11.8 Å². The summed E-state index contributed by atoms with van der Waals surface area (Å²) in [5, 5.41) is 2.34. The SMILES string of the molecule is COC(=O)[C@@](C)(NC(=O)c1cnc(C)cn1)c1cc(F)ccc1F. The van der Waals surface area contributed by atoms with E-state index in [9.17, 15) is 18.4 Å². The number of nitrogens with zero attached hydrogens (tertiary/aromatic N) is 2. The lowest BCUT2D eigenvalue weighted by Gasteiger charge is -2.28. The third kappa shape index (κ3) is 3.37. The van der Waals surface area contributed by atoms with E-state index in [1.807, 2.05) is 0 Å². The number of aromatic nitrogens is 2. The van der Waals surface area contributed by atoms with E-state index in [-0.39, 0.29) is 11.3 Å². The van der Waals surface area contributed by atoms with Crippen LogP contribution in [0.1, 0.15) is 28.7 Å². The van der Waals surface area contributed by atoms with Crippen LogP contribution in [-0.2, 0) is 15.1 Å².